The molecule has 8 nitrogen and oxygen atoms in total. The highest BCUT2D eigenvalue weighted by molar-refractivity contribution is 8.18. The number of hydrogen-bond acceptors (Lipinski definition) is 8. The minimum Gasteiger partial charge on any atom is -0.493 e. The quantitative estimate of drug-likeness (QED) is 0.300. The number of hydrogen-bond donors (Lipinski definition) is 0. The molecule has 0 aromatic heterocycles. The van der Waals surface area contributed by atoms with Crippen LogP contribution in [0.15, 0.2) is 41.3 Å². The SMILES string of the molecule is COc1cc(/C=C2\SC(=O)N(CC(=O)OC(C)C)C2=O)cc(Cl)c1OC(=O)c1ccc(C)cc1. The van der Waals surface area contributed by atoms with Crippen LogP contribution in [0.2, 0.25) is 5.02 Å². The molecule has 1 saturated heterocycles. The molecule has 2 aromatic rings. The Morgan fingerprint density at radius 2 is 1.82 bits per heavy atom. The van der Waals surface area contributed by atoms with Gasteiger partial charge in [0.2, 0.25) is 0 Å². The summed E-state index contributed by atoms with van der Waals surface area (Å²) in [4.78, 5) is 50.2. The molecule has 2 aromatic carbocycles. The van der Waals surface area contributed by atoms with E-state index < -0.39 is 29.6 Å². The molecule has 0 bridgehead atoms. The van der Waals surface area contributed by atoms with Gasteiger partial charge in [0.05, 0.1) is 28.7 Å². The Labute approximate surface area is 205 Å². The molecule has 0 saturated carbocycles. The highest BCUT2D eigenvalue weighted by Crippen LogP contribution is 2.39. The third-order valence-corrected chi connectivity index (χ3v) is 5.75. The van der Waals surface area contributed by atoms with Gasteiger partial charge in [-0.1, -0.05) is 29.3 Å². The van der Waals surface area contributed by atoms with E-state index in [1.807, 2.05) is 6.92 Å². The van der Waals surface area contributed by atoms with Crippen molar-refractivity contribution >= 4 is 52.5 Å². The van der Waals surface area contributed by atoms with E-state index in [9.17, 15) is 19.2 Å². The molecule has 2 amide bonds. The van der Waals surface area contributed by atoms with Gasteiger partial charge in [0, 0.05) is 0 Å². The number of amides is 2. The Balaban J connectivity index is 1.81. The van der Waals surface area contributed by atoms with E-state index in [4.69, 9.17) is 25.8 Å². The zero-order valence-electron chi connectivity index (χ0n) is 18.9. The first kappa shape index (κ1) is 25.3. The fourth-order valence-corrected chi connectivity index (χ4v) is 4.08. The van der Waals surface area contributed by atoms with E-state index in [0.717, 1.165) is 10.5 Å². The molecule has 0 atom stereocenters. The molecule has 3 rings (SSSR count). The molecule has 0 unspecified atom stereocenters. The van der Waals surface area contributed by atoms with Crippen LogP contribution in [0.25, 0.3) is 6.08 Å². The van der Waals surface area contributed by atoms with Crippen molar-refractivity contribution in [2.24, 2.45) is 0 Å². The number of carbonyl (C=O) groups is 4. The van der Waals surface area contributed by atoms with Crippen LogP contribution in [-0.2, 0) is 14.3 Å². The van der Waals surface area contributed by atoms with Gasteiger partial charge in [0.1, 0.15) is 6.54 Å². The molecule has 0 N–H and O–H groups in total. The van der Waals surface area contributed by atoms with E-state index in [-0.39, 0.29) is 27.5 Å². The van der Waals surface area contributed by atoms with Crippen LogP contribution >= 0.6 is 23.4 Å². The van der Waals surface area contributed by atoms with Crippen molar-refractivity contribution in [2.75, 3.05) is 13.7 Å². The molecule has 34 heavy (non-hydrogen) atoms. The van der Waals surface area contributed by atoms with Crippen LogP contribution in [-0.4, -0.2) is 47.7 Å². The van der Waals surface area contributed by atoms with Gasteiger partial charge in [-0.15, -0.1) is 0 Å². The third-order valence-electron chi connectivity index (χ3n) is 4.56. The highest BCUT2D eigenvalue weighted by Gasteiger charge is 2.37. The zero-order chi connectivity index (χ0) is 25.0. The van der Waals surface area contributed by atoms with E-state index >= 15 is 0 Å². The maximum atomic E-state index is 12.6. The van der Waals surface area contributed by atoms with Gasteiger partial charge in [-0.05, 0) is 68.4 Å². The maximum Gasteiger partial charge on any atom is 0.343 e. The van der Waals surface area contributed by atoms with E-state index in [1.165, 1.54) is 25.3 Å². The van der Waals surface area contributed by atoms with Crippen LogP contribution in [0.4, 0.5) is 4.79 Å². The Hall–Kier alpha value is -3.30. The first-order valence-electron chi connectivity index (χ1n) is 10.2. The normalized spacial score (nSPS) is 14.6. The summed E-state index contributed by atoms with van der Waals surface area (Å²) < 4.78 is 15.8. The van der Waals surface area contributed by atoms with Crippen molar-refractivity contribution in [3.63, 3.8) is 0 Å². The van der Waals surface area contributed by atoms with Gasteiger partial charge in [0.15, 0.2) is 11.5 Å². The van der Waals surface area contributed by atoms with Crippen LogP contribution < -0.4 is 9.47 Å². The summed E-state index contributed by atoms with van der Waals surface area (Å²) >= 11 is 7.04. The van der Waals surface area contributed by atoms with Crippen molar-refractivity contribution in [3.8, 4) is 11.5 Å². The van der Waals surface area contributed by atoms with Crippen molar-refractivity contribution in [2.45, 2.75) is 26.9 Å². The van der Waals surface area contributed by atoms with Crippen LogP contribution in [0.1, 0.15) is 35.3 Å². The Morgan fingerprint density at radius 1 is 1.15 bits per heavy atom. The lowest BCUT2D eigenvalue weighted by molar-refractivity contribution is -0.149. The summed E-state index contributed by atoms with van der Waals surface area (Å²) in [5.41, 5.74) is 1.78. The minimum absolute atomic E-state index is 0.0245. The molecule has 0 aliphatic carbocycles. The summed E-state index contributed by atoms with van der Waals surface area (Å²) in [6.07, 6.45) is 1.08. The summed E-state index contributed by atoms with van der Waals surface area (Å²) in [5, 5.41) is -0.510. The van der Waals surface area contributed by atoms with Gasteiger partial charge >= 0.3 is 11.9 Å². The van der Waals surface area contributed by atoms with Gasteiger partial charge < -0.3 is 14.2 Å². The van der Waals surface area contributed by atoms with E-state index in [0.29, 0.717) is 22.9 Å². The van der Waals surface area contributed by atoms with Gasteiger partial charge in [-0.2, -0.15) is 0 Å². The molecule has 1 aliphatic heterocycles. The van der Waals surface area contributed by atoms with Crippen LogP contribution in [0.3, 0.4) is 0 Å². The molecule has 10 heteroatoms. The van der Waals surface area contributed by atoms with Crippen LogP contribution in [0, 0.1) is 6.92 Å². The number of imide groups is 1. The van der Waals surface area contributed by atoms with Crippen molar-refractivity contribution in [1.82, 2.24) is 4.90 Å². The standard InChI is InChI=1S/C24H22ClNO7S/c1-13(2)32-20(27)12-26-22(28)19(34-24(26)30)11-15-9-17(25)21(18(10-15)31-4)33-23(29)16-7-5-14(3)6-8-16/h5-11,13H,12H2,1-4H3/b19-11-. The summed E-state index contributed by atoms with van der Waals surface area (Å²) in [7, 11) is 1.38. The van der Waals surface area contributed by atoms with E-state index in [1.54, 1.807) is 38.1 Å². The number of thioether (sulfide) groups is 1. The van der Waals surface area contributed by atoms with Gasteiger partial charge in [-0.25, -0.2) is 4.79 Å². The number of halogens is 1. The average molecular weight is 504 g/mol. The molecule has 0 spiro atoms. The fourth-order valence-electron chi connectivity index (χ4n) is 2.98. The lowest BCUT2D eigenvalue weighted by Crippen LogP contribution is -2.35. The fraction of sp³-hybridized carbons (Fsp3) is 0.250. The maximum absolute atomic E-state index is 12.6. The monoisotopic (exact) mass is 503 g/mol. The van der Waals surface area contributed by atoms with E-state index in [2.05, 4.69) is 0 Å². The van der Waals surface area contributed by atoms with Crippen molar-refractivity contribution in [3.05, 3.63) is 63.0 Å². The number of nitrogens with zero attached hydrogens (tertiary/aromatic N) is 1. The topological polar surface area (TPSA) is 99.2 Å². The minimum atomic E-state index is -0.678. The highest BCUT2D eigenvalue weighted by atomic mass is 35.5. The Morgan fingerprint density at radius 3 is 2.44 bits per heavy atom. The number of benzene rings is 2. The Bertz CT molecular complexity index is 1170. The number of methoxy groups -OCH3 is 1. The second-order valence-electron chi connectivity index (χ2n) is 7.60. The van der Waals surface area contributed by atoms with Crippen molar-refractivity contribution in [1.29, 1.82) is 0 Å². The Kier molecular flexibility index (Phi) is 8.01. The number of carbonyl (C=O) groups excluding carboxylic acids is 4. The molecule has 0 radical (unpaired) electrons. The smallest absolute Gasteiger partial charge is 0.343 e. The summed E-state index contributed by atoms with van der Waals surface area (Å²) in [6.45, 7) is 4.77. The number of esters is 2. The van der Waals surface area contributed by atoms with Crippen molar-refractivity contribution < 1.29 is 33.4 Å². The lowest BCUT2D eigenvalue weighted by atomic mass is 10.1. The molecule has 1 aliphatic rings. The van der Waals surface area contributed by atoms with Gasteiger partial charge in [-0.3, -0.25) is 19.3 Å². The number of rotatable bonds is 7. The molecule has 1 fully saturated rings. The van der Waals surface area contributed by atoms with Gasteiger partial charge in [0.25, 0.3) is 11.1 Å². The van der Waals surface area contributed by atoms with Crippen LogP contribution in [0.5, 0.6) is 11.5 Å². The first-order valence-corrected chi connectivity index (χ1v) is 11.4. The largest absolute Gasteiger partial charge is 0.493 e. The average Bonchev–Trinajstić information content (AvgIpc) is 3.02. The molecular formula is C24H22ClNO7S. The predicted octanol–water partition coefficient (Wildman–Crippen LogP) is 4.86. The molecular weight excluding hydrogens is 482 g/mol. The first-order chi connectivity index (χ1) is 16.1. The number of aryl methyl sites for hydroxylation is 1. The molecule has 1 heterocycles. The second-order valence-corrected chi connectivity index (χ2v) is 9.00. The summed E-state index contributed by atoms with van der Waals surface area (Å²) in [6, 6.07) is 9.84. The second kappa shape index (κ2) is 10.8. The third kappa shape index (κ3) is 5.98. The predicted molar refractivity (Wildman–Crippen MR) is 128 cm³/mol. The molecule has 178 valence electrons. The summed E-state index contributed by atoms with van der Waals surface area (Å²) in [5.74, 6) is -1.72. The number of ether oxygens (including phenoxy) is 3. The zero-order valence-corrected chi connectivity index (χ0v) is 20.5. The lowest BCUT2D eigenvalue weighted by Gasteiger charge is -2.13.